The van der Waals surface area contributed by atoms with Crippen molar-refractivity contribution in [2.75, 3.05) is 0 Å². The first-order valence-corrected chi connectivity index (χ1v) is 6.76. The van der Waals surface area contributed by atoms with E-state index in [4.69, 9.17) is 0 Å². The SMILES string of the molecule is CC(Cc1ccccc1C(F)(F)F)NC(=O)Cn1ccnc1. The Hall–Kier alpha value is -2.31. The van der Waals surface area contributed by atoms with Gasteiger partial charge in [0.1, 0.15) is 6.54 Å². The van der Waals surface area contributed by atoms with Crippen LogP contribution >= 0.6 is 0 Å². The maximum absolute atomic E-state index is 12.9. The summed E-state index contributed by atoms with van der Waals surface area (Å²) in [6.45, 7) is 1.77. The maximum atomic E-state index is 12.9. The molecule has 0 bridgehead atoms. The Morgan fingerprint density at radius 1 is 1.36 bits per heavy atom. The van der Waals surface area contributed by atoms with Gasteiger partial charge < -0.3 is 9.88 Å². The van der Waals surface area contributed by atoms with Gasteiger partial charge in [0, 0.05) is 18.4 Å². The van der Waals surface area contributed by atoms with Crippen molar-refractivity contribution in [1.82, 2.24) is 14.9 Å². The Morgan fingerprint density at radius 3 is 2.73 bits per heavy atom. The molecule has 1 amide bonds. The molecule has 0 fully saturated rings. The van der Waals surface area contributed by atoms with Crippen molar-refractivity contribution < 1.29 is 18.0 Å². The van der Waals surface area contributed by atoms with Crippen molar-refractivity contribution in [1.29, 1.82) is 0 Å². The number of benzene rings is 1. The quantitative estimate of drug-likeness (QED) is 0.923. The Morgan fingerprint density at radius 2 is 2.09 bits per heavy atom. The van der Waals surface area contributed by atoms with Gasteiger partial charge in [0.25, 0.3) is 0 Å². The molecule has 1 atom stereocenters. The second-order valence-corrected chi connectivity index (χ2v) is 5.06. The molecule has 1 heterocycles. The number of carbonyl (C=O) groups excluding carboxylic acids is 1. The smallest absolute Gasteiger partial charge is 0.352 e. The van der Waals surface area contributed by atoms with E-state index in [-0.39, 0.29) is 24.4 Å². The van der Waals surface area contributed by atoms with Gasteiger partial charge in [-0.2, -0.15) is 13.2 Å². The van der Waals surface area contributed by atoms with Crippen LogP contribution in [0.4, 0.5) is 13.2 Å². The van der Waals surface area contributed by atoms with Gasteiger partial charge in [-0.25, -0.2) is 4.98 Å². The number of hydrogen-bond donors (Lipinski definition) is 1. The highest BCUT2D eigenvalue weighted by Crippen LogP contribution is 2.32. The molecule has 0 aliphatic carbocycles. The molecule has 7 heteroatoms. The first-order valence-electron chi connectivity index (χ1n) is 6.76. The van der Waals surface area contributed by atoms with Gasteiger partial charge in [-0.15, -0.1) is 0 Å². The third-order valence-corrected chi connectivity index (χ3v) is 3.14. The van der Waals surface area contributed by atoms with Gasteiger partial charge in [0.15, 0.2) is 0 Å². The molecule has 0 spiro atoms. The Bertz CT molecular complexity index is 623. The molecule has 1 aromatic carbocycles. The molecule has 2 aromatic rings. The van der Waals surface area contributed by atoms with Crippen molar-refractivity contribution in [2.45, 2.75) is 32.1 Å². The standard InChI is InChI=1S/C15H16F3N3O/c1-11(20-14(22)9-21-7-6-19-10-21)8-12-4-2-3-5-13(12)15(16,17)18/h2-7,10-11H,8-9H2,1H3,(H,20,22). The zero-order chi connectivity index (χ0) is 16.2. The van der Waals surface area contributed by atoms with Crippen LogP contribution in [0.1, 0.15) is 18.1 Å². The van der Waals surface area contributed by atoms with Crippen LogP contribution in [0.25, 0.3) is 0 Å². The molecule has 0 radical (unpaired) electrons. The van der Waals surface area contributed by atoms with Crippen LogP contribution in [0.5, 0.6) is 0 Å². The number of aromatic nitrogens is 2. The number of halogens is 3. The Kier molecular flexibility index (Phi) is 4.85. The minimum absolute atomic E-state index is 0.0885. The summed E-state index contributed by atoms with van der Waals surface area (Å²) in [7, 11) is 0. The van der Waals surface area contributed by atoms with Crippen molar-refractivity contribution in [3.05, 3.63) is 54.1 Å². The van der Waals surface area contributed by atoms with E-state index < -0.39 is 17.8 Å². The van der Waals surface area contributed by atoms with Gasteiger partial charge in [0.05, 0.1) is 11.9 Å². The molecule has 1 unspecified atom stereocenters. The average molecular weight is 311 g/mol. The highest BCUT2D eigenvalue weighted by Gasteiger charge is 2.33. The van der Waals surface area contributed by atoms with Crippen LogP contribution in [-0.4, -0.2) is 21.5 Å². The summed E-state index contributed by atoms with van der Waals surface area (Å²) in [5.74, 6) is -0.269. The van der Waals surface area contributed by atoms with Crippen molar-refractivity contribution >= 4 is 5.91 Å². The van der Waals surface area contributed by atoms with Crippen LogP contribution in [0.3, 0.4) is 0 Å². The van der Waals surface area contributed by atoms with E-state index in [1.54, 1.807) is 30.0 Å². The molecule has 0 aliphatic rings. The number of imidazole rings is 1. The summed E-state index contributed by atoms with van der Waals surface area (Å²) in [5, 5.41) is 2.69. The van der Waals surface area contributed by atoms with Crippen LogP contribution in [0.15, 0.2) is 43.0 Å². The third-order valence-electron chi connectivity index (χ3n) is 3.14. The molecule has 2 rings (SSSR count). The van der Waals surface area contributed by atoms with Crippen LogP contribution in [-0.2, 0) is 23.9 Å². The average Bonchev–Trinajstić information content (AvgIpc) is 2.90. The number of carbonyl (C=O) groups is 1. The van der Waals surface area contributed by atoms with E-state index in [0.29, 0.717) is 0 Å². The van der Waals surface area contributed by atoms with E-state index in [1.165, 1.54) is 18.5 Å². The second-order valence-electron chi connectivity index (χ2n) is 5.06. The van der Waals surface area contributed by atoms with E-state index in [0.717, 1.165) is 6.07 Å². The molecule has 22 heavy (non-hydrogen) atoms. The topological polar surface area (TPSA) is 46.9 Å². The van der Waals surface area contributed by atoms with Gasteiger partial charge in [-0.05, 0) is 25.0 Å². The van der Waals surface area contributed by atoms with Crippen LogP contribution in [0, 0.1) is 0 Å². The summed E-state index contributed by atoms with van der Waals surface area (Å²) < 4.78 is 40.3. The van der Waals surface area contributed by atoms with E-state index in [9.17, 15) is 18.0 Å². The van der Waals surface area contributed by atoms with Gasteiger partial charge >= 0.3 is 6.18 Å². The predicted octanol–water partition coefficient (Wildman–Crippen LogP) is 2.65. The minimum atomic E-state index is -4.39. The number of hydrogen-bond acceptors (Lipinski definition) is 2. The lowest BCUT2D eigenvalue weighted by Gasteiger charge is -2.17. The number of rotatable bonds is 5. The molecule has 0 saturated carbocycles. The predicted molar refractivity (Wildman–Crippen MR) is 75.0 cm³/mol. The molecule has 0 aliphatic heterocycles. The van der Waals surface area contributed by atoms with E-state index in [2.05, 4.69) is 10.3 Å². The highest BCUT2D eigenvalue weighted by atomic mass is 19.4. The normalized spacial score (nSPS) is 12.9. The monoisotopic (exact) mass is 311 g/mol. The Balaban J connectivity index is 1.97. The first kappa shape index (κ1) is 16.1. The van der Waals surface area contributed by atoms with Crippen LogP contribution in [0.2, 0.25) is 0 Å². The highest BCUT2D eigenvalue weighted by molar-refractivity contribution is 5.76. The maximum Gasteiger partial charge on any atom is 0.416 e. The first-order chi connectivity index (χ1) is 10.4. The molecular weight excluding hydrogens is 295 g/mol. The number of alkyl halides is 3. The van der Waals surface area contributed by atoms with Crippen molar-refractivity contribution in [3.63, 3.8) is 0 Å². The number of amides is 1. The Labute approximate surface area is 126 Å². The van der Waals surface area contributed by atoms with Gasteiger partial charge in [0.2, 0.25) is 5.91 Å². The van der Waals surface area contributed by atoms with Crippen LogP contribution < -0.4 is 5.32 Å². The lowest BCUT2D eigenvalue weighted by molar-refractivity contribution is -0.138. The van der Waals surface area contributed by atoms with E-state index >= 15 is 0 Å². The number of nitrogens with one attached hydrogen (secondary N) is 1. The van der Waals surface area contributed by atoms with Crippen molar-refractivity contribution in [2.24, 2.45) is 0 Å². The summed E-state index contributed by atoms with van der Waals surface area (Å²) in [6.07, 6.45) is 0.422. The summed E-state index contributed by atoms with van der Waals surface area (Å²) >= 11 is 0. The van der Waals surface area contributed by atoms with Crippen molar-refractivity contribution in [3.8, 4) is 0 Å². The third kappa shape index (κ3) is 4.34. The summed E-state index contributed by atoms with van der Waals surface area (Å²) in [4.78, 5) is 15.6. The molecule has 0 saturated heterocycles. The zero-order valence-corrected chi connectivity index (χ0v) is 12.0. The molecule has 1 N–H and O–H groups in total. The molecule has 4 nitrogen and oxygen atoms in total. The number of nitrogens with zero attached hydrogens (tertiary/aromatic N) is 2. The largest absolute Gasteiger partial charge is 0.416 e. The molecular formula is C15H16F3N3O. The van der Waals surface area contributed by atoms with Gasteiger partial charge in [-0.1, -0.05) is 18.2 Å². The fourth-order valence-electron chi connectivity index (χ4n) is 2.22. The van der Waals surface area contributed by atoms with Gasteiger partial charge in [-0.3, -0.25) is 4.79 Å². The van der Waals surface area contributed by atoms with E-state index in [1.807, 2.05) is 0 Å². The second kappa shape index (κ2) is 6.64. The molecule has 118 valence electrons. The lowest BCUT2D eigenvalue weighted by Crippen LogP contribution is -2.36. The summed E-state index contributed by atoms with van der Waals surface area (Å²) in [5.41, 5.74) is -0.490. The molecule has 1 aromatic heterocycles. The fraction of sp³-hybridized carbons (Fsp3) is 0.333. The minimum Gasteiger partial charge on any atom is -0.352 e. The lowest BCUT2D eigenvalue weighted by atomic mass is 10.0. The zero-order valence-electron chi connectivity index (χ0n) is 12.0. The fourth-order valence-corrected chi connectivity index (χ4v) is 2.22. The summed E-state index contributed by atoms with van der Waals surface area (Å²) in [6, 6.07) is 5.00.